The Hall–Kier alpha value is -1.24. The van der Waals surface area contributed by atoms with Crippen LogP contribution in [0.15, 0.2) is 48.2 Å². The summed E-state index contributed by atoms with van der Waals surface area (Å²) in [5, 5.41) is 3.05. The van der Waals surface area contributed by atoms with Gasteiger partial charge in [-0.25, -0.2) is 0 Å². The number of rotatable bonds is 8. The van der Waals surface area contributed by atoms with Gasteiger partial charge in [0, 0.05) is 19.2 Å². The molecule has 0 heterocycles. The summed E-state index contributed by atoms with van der Waals surface area (Å²) in [4.78, 5) is 0. The van der Waals surface area contributed by atoms with Crippen molar-refractivity contribution in [3.8, 4) is 0 Å². The van der Waals surface area contributed by atoms with Crippen molar-refractivity contribution < 1.29 is 0 Å². The van der Waals surface area contributed by atoms with Crippen LogP contribution < -0.4 is 5.32 Å². The minimum absolute atomic E-state index is 0.644. The average Bonchev–Trinajstić information content (AvgIpc) is 2.33. The molecule has 0 aliphatic heterocycles. The number of allylic oxidation sites excluding steroid dienone is 5. The fraction of sp³-hybridized carbons (Fsp3) is 0.500. The number of hydrogen-bond donors (Lipinski definition) is 1. The van der Waals surface area contributed by atoms with E-state index >= 15 is 0 Å². The van der Waals surface area contributed by atoms with Crippen molar-refractivity contribution in [3.63, 3.8) is 0 Å². The van der Waals surface area contributed by atoms with Gasteiger partial charge in [0.1, 0.15) is 0 Å². The van der Waals surface area contributed by atoms with Gasteiger partial charge < -0.3 is 5.32 Å². The van der Waals surface area contributed by atoms with Crippen molar-refractivity contribution in [2.75, 3.05) is 7.05 Å². The summed E-state index contributed by atoms with van der Waals surface area (Å²) in [5.74, 6) is 0.644. The molecule has 0 saturated carbocycles. The molecule has 0 radical (unpaired) electrons. The summed E-state index contributed by atoms with van der Waals surface area (Å²) in [7, 11) is 1.90. The first-order valence-corrected chi connectivity index (χ1v) is 6.39. The lowest BCUT2D eigenvalue weighted by Crippen LogP contribution is -2.04. The Morgan fingerprint density at radius 1 is 1.29 bits per heavy atom. The first-order valence-electron chi connectivity index (χ1n) is 6.39. The first kappa shape index (κ1) is 15.8. The zero-order valence-corrected chi connectivity index (χ0v) is 11.8. The average molecular weight is 233 g/mol. The maximum atomic E-state index is 4.10. The molecule has 17 heavy (non-hydrogen) atoms. The van der Waals surface area contributed by atoms with E-state index in [0.29, 0.717) is 5.92 Å². The molecule has 0 rings (SSSR count). The standard InChI is InChI=1S/C16H27N/c1-7-13(3)9-10-16(8-2)12-14(4)11-15(5)17-6/h8-10,13,17H,4-5,7,11-12H2,1-3,6H3/b10-9-,16-8+. The molecule has 0 aromatic rings. The summed E-state index contributed by atoms with van der Waals surface area (Å²) in [6, 6.07) is 0. The highest BCUT2D eigenvalue weighted by Crippen LogP contribution is 2.17. The molecule has 1 atom stereocenters. The highest BCUT2D eigenvalue weighted by molar-refractivity contribution is 5.25. The lowest BCUT2D eigenvalue weighted by atomic mass is 10.0. The van der Waals surface area contributed by atoms with E-state index in [0.717, 1.165) is 18.5 Å². The topological polar surface area (TPSA) is 12.0 Å². The highest BCUT2D eigenvalue weighted by Gasteiger charge is 2.00. The summed E-state index contributed by atoms with van der Waals surface area (Å²) in [6.07, 6.45) is 9.63. The zero-order chi connectivity index (χ0) is 13.3. The van der Waals surface area contributed by atoms with E-state index in [1.807, 2.05) is 7.05 Å². The molecule has 0 aliphatic carbocycles. The van der Waals surface area contributed by atoms with Gasteiger partial charge in [0.15, 0.2) is 0 Å². The Labute approximate surface area is 107 Å². The van der Waals surface area contributed by atoms with Crippen LogP contribution in [-0.4, -0.2) is 7.05 Å². The van der Waals surface area contributed by atoms with Crippen LogP contribution in [0.4, 0.5) is 0 Å². The van der Waals surface area contributed by atoms with Crippen molar-refractivity contribution in [1.29, 1.82) is 0 Å². The van der Waals surface area contributed by atoms with Gasteiger partial charge in [0.25, 0.3) is 0 Å². The van der Waals surface area contributed by atoms with E-state index in [1.54, 1.807) is 0 Å². The smallest absolute Gasteiger partial charge is 0.00761 e. The van der Waals surface area contributed by atoms with E-state index in [1.165, 1.54) is 17.6 Å². The van der Waals surface area contributed by atoms with E-state index in [-0.39, 0.29) is 0 Å². The van der Waals surface area contributed by atoms with Crippen molar-refractivity contribution in [1.82, 2.24) is 5.32 Å². The molecule has 1 unspecified atom stereocenters. The number of hydrogen-bond acceptors (Lipinski definition) is 1. The minimum Gasteiger partial charge on any atom is -0.392 e. The molecule has 0 saturated heterocycles. The van der Waals surface area contributed by atoms with Gasteiger partial charge >= 0.3 is 0 Å². The summed E-state index contributed by atoms with van der Waals surface area (Å²) in [6.45, 7) is 14.6. The Kier molecular flexibility index (Phi) is 8.21. The van der Waals surface area contributed by atoms with Gasteiger partial charge in [-0.3, -0.25) is 0 Å². The van der Waals surface area contributed by atoms with Crippen molar-refractivity contribution in [3.05, 3.63) is 48.2 Å². The van der Waals surface area contributed by atoms with Gasteiger partial charge in [0.05, 0.1) is 0 Å². The molecule has 0 aliphatic rings. The van der Waals surface area contributed by atoms with Crippen LogP contribution in [0, 0.1) is 5.92 Å². The van der Waals surface area contributed by atoms with Crippen LogP contribution in [0.2, 0.25) is 0 Å². The third-order valence-electron chi connectivity index (χ3n) is 2.92. The van der Waals surface area contributed by atoms with Crippen LogP contribution in [0.25, 0.3) is 0 Å². The third kappa shape index (κ3) is 7.62. The van der Waals surface area contributed by atoms with Gasteiger partial charge in [-0.05, 0) is 24.8 Å². The van der Waals surface area contributed by atoms with Crippen molar-refractivity contribution in [2.24, 2.45) is 5.92 Å². The molecule has 0 spiro atoms. The molecular formula is C16H27N. The Balaban J connectivity index is 4.28. The van der Waals surface area contributed by atoms with E-state index < -0.39 is 0 Å². The van der Waals surface area contributed by atoms with E-state index in [2.05, 4.69) is 57.5 Å². The lowest BCUT2D eigenvalue weighted by molar-refractivity contribution is 0.697. The van der Waals surface area contributed by atoms with Gasteiger partial charge in [0.2, 0.25) is 0 Å². The number of nitrogens with one attached hydrogen (secondary N) is 1. The molecule has 1 nitrogen and oxygen atoms in total. The van der Waals surface area contributed by atoms with E-state index in [4.69, 9.17) is 0 Å². The van der Waals surface area contributed by atoms with Crippen LogP contribution >= 0.6 is 0 Å². The Bertz CT molecular complexity index is 307. The van der Waals surface area contributed by atoms with Gasteiger partial charge in [-0.2, -0.15) is 0 Å². The predicted molar refractivity (Wildman–Crippen MR) is 78.9 cm³/mol. The Morgan fingerprint density at radius 3 is 2.41 bits per heavy atom. The first-order chi connectivity index (χ1) is 8.03. The SMILES string of the molecule is C=C(CC(=C)NC)CC(/C=C\C(C)CC)=C/C. The van der Waals surface area contributed by atoms with Crippen LogP contribution in [0.1, 0.15) is 40.0 Å². The summed E-state index contributed by atoms with van der Waals surface area (Å²) >= 11 is 0. The Morgan fingerprint density at radius 2 is 1.94 bits per heavy atom. The second kappa shape index (κ2) is 8.86. The summed E-state index contributed by atoms with van der Waals surface area (Å²) in [5.41, 5.74) is 3.56. The molecule has 0 aromatic carbocycles. The zero-order valence-electron chi connectivity index (χ0n) is 11.8. The lowest BCUT2D eigenvalue weighted by Gasteiger charge is -2.09. The fourth-order valence-electron chi connectivity index (χ4n) is 1.42. The minimum atomic E-state index is 0.644. The molecule has 96 valence electrons. The second-order valence-electron chi connectivity index (χ2n) is 4.57. The fourth-order valence-corrected chi connectivity index (χ4v) is 1.42. The van der Waals surface area contributed by atoms with E-state index in [9.17, 15) is 0 Å². The normalized spacial score (nSPS) is 13.8. The van der Waals surface area contributed by atoms with Gasteiger partial charge in [-0.15, -0.1) is 0 Å². The van der Waals surface area contributed by atoms with Crippen molar-refractivity contribution >= 4 is 0 Å². The van der Waals surface area contributed by atoms with Gasteiger partial charge in [-0.1, -0.05) is 57.2 Å². The quantitative estimate of drug-likeness (QED) is 0.477. The van der Waals surface area contributed by atoms with Crippen molar-refractivity contribution in [2.45, 2.75) is 40.0 Å². The molecule has 0 fully saturated rings. The maximum absolute atomic E-state index is 4.10. The van der Waals surface area contributed by atoms with Crippen LogP contribution in [0.3, 0.4) is 0 Å². The predicted octanol–water partition coefficient (Wildman–Crippen LogP) is 4.60. The maximum Gasteiger partial charge on any atom is 0.00761 e. The largest absolute Gasteiger partial charge is 0.392 e. The third-order valence-corrected chi connectivity index (χ3v) is 2.92. The van der Waals surface area contributed by atoms with Crippen LogP contribution in [0.5, 0.6) is 0 Å². The molecule has 1 heteroatoms. The monoisotopic (exact) mass is 233 g/mol. The highest BCUT2D eigenvalue weighted by atomic mass is 14.8. The molecular weight excluding hydrogens is 206 g/mol. The second-order valence-corrected chi connectivity index (χ2v) is 4.57. The molecule has 1 N–H and O–H groups in total. The molecule has 0 aromatic heterocycles. The summed E-state index contributed by atoms with van der Waals surface area (Å²) < 4.78 is 0. The van der Waals surface area contributed by atoms with Crippen LogP contribution in [-0.2, 0) is 0 Å². The molecule has 0 bridgehead atoms. The molecule has 0 amide bonds.